The lowest BCUT2D eigenvalue weighted by molar-refractivity contribution is 0.188. The van der Waals surface area contributed by atoms with Crippen molar-refractivity contribution in [1.82, 2.24) is 14.9 Å². The predicted octanol–water partition coefficient (Wildman–Crippen LogP) is 3.55. The Hall–Kier alpha value is -1.55. The lowest BCUT2D eigenvalue weighted by Gasteiger charge is -2.27. The molecule has 2 rings (SSSR count). The van der Waals surface area contributed by atoms with Crippen LogP contribution < -0.4 is 5.73 Å². The van der Waals surface area contributed by atoms with Gasteiger partial charge in [0.2, 0.25) is 0 Å². The van der Waals surface area contributed by atoms with E-state index in [1.54, 1.807) is 0 Å². The van der Waals surface area contributed by atoms with Crippen LogP contribution in [0.4, 0.5) is 5.69 Å². The molecule has 0 bridgehead atoms. The van der Waals surface area contributed by atoms with Gasteiger partial charge in [-0.15, -0.1) is 0 Å². The van der Waals surface area contributed by atoms with Crippen molar-refractivity contribution < 1.29 is 0 Å². The van der Waals surface area contributed by atoms with Gasteiger partial charge in [0.15, 0.2) is 0 Å². The van der Waals surface area contributed by atoms with E-state index in [9.17, 15) is 0 Å². The highest BCUT2D eigenvalue weighted by Gasteiger charge is 2.14. The predicted molar refractivity (Wildman–Crippen MR) is 85.6 cm³/mol. The summed E-state index contributed by atoms with van der Waals surface area (Å²) in [5, 5.41) is 0. The first kappa shape index (κ1) is 14.9. The van der Waals surface area contributed by atoms with E-state index < -0.39 is 0 Å². The number of hydrogen-bond donors (Lipinski definition) is 2. The highest BCUT2D eigenvalue weighted by Crippen LogP contribution is 2.17. The van der Waals surface area contributed by atoms with Crippen molar-refractivity contribution in [2.45, 2.75) is 52.6 Å². The molecule has 1 unspecified atom stereocenters. The number of hydrogen-bond acceptors (Lipinski definition) is 3. The van der Waals surface area contributed by atoms with Crippen LogP contribution in [0, 0.1) is 0 Å². The fourth-order valence-electron chi connectivity index (χ4n) is 2.42. The normalized spacial score (nSPS) is 13.2. The molecule has 0 spiro atoms. The Morgan fingerprint density at radius 1 is 1.35 bits per heavy atom. The lowest BCUT2D eigenvalue weighted by atomic mass is 10.2. The molecule has 0 aliphatic rings. The number of nitrogens with zero attached hydrogens (tertiary/aromatic N) is 2. The minimum Gasteiger partial charge on any atom is -0.399 e. The topological polar surface area (TPSA) is 57.9 Å². The largest absolute Gasteiger partial charge is 0.399 e. The first-order valence-electron chi connectivity index (χ1n) is 7.62. The van der Waals surface area contributed by atoms with Crippen LogP contribution in [0.25, 0.3) is 11.0 Å². The zero-order valence-corrected chi connectivity index (χ0v) is 12.8. The van der Waals surface area contributed by atoms with Gasteiger partial charge in [0.1, 0.15) is 5.82 Å². The second kappa shape index (κ2) is 6.75. The van der Waals surface area contributed by atoms with Crippen LogP contribution in [-0.4, -0.2) is 27.5 Å². The monoisotopic (exact) mass is 274 g/mol. The quantitative estimate of drug-likeness (QED) is 0.759. The lowest BCUT2D eigenvalue weighted by Crippen LogP contribution is -2.33. The van der Waals surface area contributed by atoms with E-state index >= 15 is 0 Å². The maximum absolute atomic E-state index is 5.81. The van der Waals surface area contributed by atoms with Crippen LogP contribution in [0.3, 0.4) is 0 Å². The minimum absolute atomic E-state index is 0.583. The Balaban J connectivity index is 2.14. The van der Waals surface area contributed by atoms with Gasteiger partial charge in [-0.2, -0.15) is 0 Å². The number of nitrogen functional groups attached to an aromatic ring is 1. The van der Waals surface area contributed by atoms with E-state index in [-0.39, 0.29) is 0 Å². The zero-order valence-electron chi connectivity index (χ0n) is 12.8. The number of aromatic nitrogens is 2. The van der Waals surface area contributed by atoms with Gasteiger partial charge in [0, 0.05) is 11.7 Å². The Kier molecular flexibility index (Phi) is 5.01. The second-order valence-corrected chi connectivity index (χ2v) is 5.54. The first-order chi connectivity index (χ1) is 9.63. The molecule has 2 aromatic rings. The van der Waals surface area contributed by atoms with Crippen LogP contribution in [0.5, 0.6) is 0 Å². The van der Waals surface area contributed by atoms with E-state index in [0.717, 1.165) is 42.1 Å². The fourth-order valence-corrected chi connectivity index (χ4v) is 2.42. The van der Waals surface area contributed by atoms with Crippen LogP contribution in [0.2, 0.25) is 0 Å². The molecule has 0 saturated carbocycles. The van der Waals surface area contributed by atoms with E-state index in [2.05, 4.69) is 35.6 Å². The van der Waals surface area contributed by atoms with E-state index in [4.69, 9.17) is 5.73 Å². The van der Waals surface area contributed by atoms with E-state index in [0.29, 0.717) is 6.04 Å². The number of fused-ring (bicyclic) bond motifs is 1. The molecule has 110 valence electrons. The summed E-state index contributed by atoms with van der Waals surface area (Å²) in [6.45, 7) is 8.77. The molecule has 1 aromatic heterocycles. The van der Waals surface area contributed by atoms with Crippen molar-refractivity contribution in [1.29, 1.82) is 0 Å². The maximum Gasteiger partial charge on any atom is 0.121 e. The van der Waals surface area contributed by atoms with Crippen molar-refractivity contribution in [2.24, 2.45) is 0 Å². The molecule has 4 heteroatoms. The van der Waals surface area contributed by atoms with Gasteiger partial charge in [0.05, 0.1) is 17.6 Å². The third-order valence-electron chi connectivity index (χ3n) is 3.92. The van der Waals surface area contributed by atoms with Crippen molar-refractivity contribution in [3.63, 3.8) is 0 Å². The molecule has 1 atom stereocenters. The smallest absolute Gasteiger partial charge is 0.121 e. The summed E-state index contributed by atoms with van der Waals surface area (Å²) < 4.78 is 0. The molecule has 0 aliphatic carbocycles. The van der Waals surface area contributed by atoms with Gasteiger partial charge in [-0.25, -0.2) is 4.98 Å². The number of benzene rings is 1. The van der Waals surface area contributed by atoms with Crippen LogP contribution in [0.15, 0.2) is 18.2 Å². The highest BCUT2D eigenvalue weighted by molar-refractivity contribution is 5.78. The maximum atomic E-state index is 5.81. The number of nitrogens with two attached hydrogens (primary N) is 1. The molecule has 0 amide bonds. The van der Waals surface area contributed by atoms with Gasteiger partial charge in [-0.1, -0.05) is 20.3 Å². The minimum atomic E-state index is 0.583. The molecule has 0 radical (unpaired) electrons. The van der Waals surface area contributed by atoms with Crippen LogP contribution in [0.1, 0.15) is 45.9 Å². The van der Waals surface area contributed by atoms with Gasteiger partial charge < -0.3 is 10.7 Å². The van der Waals surface area contributed by atoms with Gasteiger partial charge in [0.25, 0.3) is 0 Å². The summed E-state index contributed by atoms with van der Waals surface area (Å²) in [6, 6.07) is 6.41. The molecule has 0 fully saturated rings. The standard InChI is InChI=1S/C16H26N4/c1-4-6-9-20(12(3)5-2)11-16-18-14-8-7-13(17)10-15(14)19-16/h7-8,10,12H,4-6,9,11,17H2,1-3H3,(H,18,19). The third-order valence-corrected chi connectivity index (χ3v) is 3.92. The first-order valence-corrected chi connectivity index (χ1v) is 7.62. The van der Waals surface area contributed by atoms with Crippen molar-refractivity contribution in [3.8, 4) is 0 Å². The van der Waals surface area contributed by atoms with E-state index in [1.165, 1.54) is 12.8 Å². The Morgan fingerprint density at radius 3 is 2.85 bits per heavy atom. The summed E-state index contributed by atoms with van der Waals surface area (Å²) in [7, 11) is 0. The number of rotatable bonds is 7. The number of imidazole rings is 1. The average molecular weight is 274 g/mol. The summed E-state index contributed by atoms with van der Waals surface area (Å²) in [4.78, 5) is 10.6. The molecule has 0 aliphatic heterocycles. The van der Waals surface area contributed by atoms with Crippen LogP contribution >= 0.6 is 0 Å². The molecular formula is C16H26N4. The van der Waals surface area contributed by atoms with E-state index in [1.807, 2.05) is 18.2 Å². The second-order valence-electron chi connectivity index (χ2n) is 5.54. The molecule has 0 saturated heterocycles. The summed E-state index contributed by atoms with van der Waals surface area (Å²) in [5.74, 6) is 1.03. The highest BCUT2D eigenvalue weighted by atomic mass is 15.2. The molecule has 3 N–H and O–H groups in total. The molecular weight excluding hydrogens is 248 g/mol. The average Bonchev–Trinajstić information content (AvgIpc) is 2.84. The Bertz CT molecular complexity index is 546. The number of anilines is 1. The number of H-pyrrole nitrogens is 1. The molecule has 1 heterocycles. The van der Waals surface area contributed by atoms with Crippen molar-refractivity contribution in [3.05, 3.63) is 24.0 Å². The van der Waals surface area contributed by atoms with Gasteiger partial charge >= 0.3 is 0 Å². The Labute approximate surface area is 121 Å². The van der Waals surface area contributed by atoms with Crippen LogP contribution in [-0.2, 0) is 6.54 Å². The third kappa shape index (κ3) is 3.51. The fraction of sp³-hybridized carbons (Fsp3) is 0.562. The molecule has 1 aromatic carbocycles. The van der Waals surface area contributed by atoms with Crippen molar-refractivity contribution >= 4 is 16.7 Å². The number of aromatic amines is 1. The molecule has 20 heavy (non-hydrogen) atoms. The summed E-state index contributed by atoms with van der Waals surface area (Å²) in [5.41, 5.74) is 8.61. The van der Waals surface area contributed by atoms with Gasteiger partial charge in [-0.05, 0) is 44.5 Å². The molecule has 4 nitrogen and oxygen atoms in total. The summed E-state index contributed by atoms with van der Waals surface area (Å²) in [6.07, 6.45) is 3.62. The number of nitrogens with one attached hydrogen (secondary N) is 1. The summed E-state index contributed by atoms with van der Waals surface area (Å²) >= 11 is 0. The van der Waals surface area contributed by atoms with Crippen molar-refractivity contribution in [2.75, 3.05) is 12.3 Å². The Morgan fingerprint density at radius 2 is 2.15 bits per heavy atom. The zero-order chi connectivity index (χ0) is 14.5. The SMILES string of the molecule is CCCCN(Cc1nc2ccc(N)cc2[nH]1)C(C)CC. The van der Waals surface area contributed by atoms with Gasteiger partial charge in [-0.3, -0.25) is 4.90 Å². The number of unbranched alkanes of at least 4 members (excludes halogenated alkanes) is 1.